The third kappa shape index (κ3) is 3.66. The molecule has 1 aliphatic heterocycles. The van der Waals surface area contributed by atoms with Crippen LogP contribution in [0, 0.1) is 13.8 Å². The van der Waals surface area contributed by atoms with E-state index in [2.05, 4.69) is 26.0 Å². The fourth-order valence-electron chi connectivity index (χ4n) is 2.03. The van der Waals surface area contributed by atoms with E-state index in [-0.39, 0.29) is 0 Å². The van der Waals surface area contributed by atoms with Gasteiger partial charge in [0.2, 0.25) is 0 Å². The van der Waals surface area contributed by atoms with Gasteiger partial charge < -0.3 is 9.47 Å². The summed E-state index contributed by atoms with van der Waals surface area (Å²) in [5, 5.41) is 1.52. The van der Waals surface area contributed by atoms with E-state index in [0.717, 1.165) is 42.9 Å². The Morgan fingerprint density at radius 1 is 1.35 bits per heavy atom. The van der Waals surface area contributed by atoms with E-state index in [1.54, 1.807) is 0 Å². The van der Waals surface area contributed by atoms with Crippen molar-refractivity contribution in [3.05, 3.63) is 28.8 Å². The summed E-state index contributed by atoms with van der Waals surface area (Å²) in [4.78, 5) is 0. The molecule has 1 unspecified atom stereocenters. The lowest BCUT2D eigenvalue weighted by Gasteiger charge is -2.11. The van der Waals surface area contributed by atoms with Crippen LogP contribution in [-0.4, -0.2) is 36.2 Å². The van der Waals surface area contributed by atoms with Gasteiger partial charge in [0.15, 0.2) is 0 Å². The van der Waals surface area contributed by atoms with E-state index in [4.69, 9.17) is 9.47 Å². The summed E-state index contributed by atoms with van der Waals surface area (Å²) in [5.41, 5.74) is 4.44. The molecule has 0 aliphatic carbocycles. The van der Waals surface area contributed by atoms with Crippen molar-refractivity contribution in [1.29, 1.82) is 0 Å². The molecule has 0 bridgehead atoms. The van der Waals surface area contributed by atoms with E-state index in [1.165, 1.54) is 21.9 Å². The molecule has 1 saturated heterocycles. The van der Waals surface area contributed by atoms with Gasteiger partial charge in [0.05, 0.1) is 13.2 Å². The molecule has 17 heavy (non-hydrogen) atoms. The van der Waals surface area contributed by atoms with Crippen molar-refractivity contribution >= 4 is 15.4 Å². The minimum Gasteiger partial charge on any atom is -0.379 e. The highest BCUT2D eigenvalue weighted by molar-refractivity contribution is 6.33. The van der Waals surface area contributed by atoms with Crippen molar-refractivity contribution in [1.82, 2.24) is 0 Å². The lowest BCUT2D eigenvalue weighted by Crippen LogP contribution is -2.11. The van der Waals surface area contributed by atoms with Crippen LogP contribution in [0.15, 0.2) is 12.1 Å². The SMILES string of the molecule is Cc1c([SiH3])ccc(CCCOCC2CO2)c1C. The minimum absolute atomic E-state index is 0.392. The van der Waals surface area contributed by atoms with Gasteiger partial charge >= 0.3 is 0 Å². The Morgan fingerprint density at radius 3 is 2.82 bits per heavy atom. The van der Waals surface area contributed by atoms with Crippen molar-refractivity contribution < 1.29 is 9.47 Å². The molecule has 1 aromatic carbocycles. The second kappa shape index (κ2) is 5.80. The Hall–Kier alpha value is -0.643. The normalized spacial score (nSPS) is 18.6. The standard InChI is InChI=1S/C14H22O2Si/c1-10-11(2)14(17)6-5-12(10)4-3-7-15-8-13-9-16-13/h5-6,13H,3-4,7-9H2,1-2,17H3. The lowest BCUT2D eigenvalue weighted by atomic mass is 10.00. The van der Waals surface area contributed by atoms with Crippen molar-refractivity contribution in [2.75, 3.05) is 19.8 Å². The zero-order valence-electron chi connectivity index (χ0n) is 11.1. The summed E-state index contributed by atoms with van der Waals surface area (Å²) in [6.45, 7) is 6.99. The molecule has 1 atom stereocenters. The molecular formula is C14H22O2Si. The summed E-state index contributed by atoms with van der Waals surface area (Å²) in [5.74, 6) is 0. The second-order valence-corrected chi connectivity index (χ2v) is 6.00. The Kier molecular flexibility index (Phi) is 4.37. The number of hydrogen-bond acceptors (Lipinski definition) is 2. The molecule has 0 amide bonds. The Bertz CT molecular complexity index is 386. The number of rotatable bonds is 6. The molecule has 2 nitrogen and oxygen atoms in total. The van der Waals surface area contributed by atoms with Gasteiger partial charge in [-0.05, 0) is 43.4 Å². The van der Waals surface area contributed by atoms with E-state index >= 15 is 0 Å². The van der Waals surface area contributed by atoms with Crippen molar-refractivity contribution in [2.24, 2.45) is 0 Å². The average Bonchev–Trinajstić information content (AvgIpc) is 3.12. The first-order chi connectivity index (χ1) is 8.18. The molecular weight excluding hydrogens is 228 g/mol. The quantitative estimate of drug-likeness (QED) is 0.420. The molecule has 1 heterocycles. The number of hydrogen-bond donors (Lipinski definition) is 0. The molecule has 1 aliphatic rings. The fraction of sp³-hybridized carbons (Fsp3) is 0.571. The summed E-state index contributed by atoms with van der Waals surface area (Å²) in [7, 11) is 1.14. The Morgan fingerprint density at radius 2 is 2.12 bits per heavy atom. The van der Waals surface area contributed by atoms with Gasteiger partial charge in [-0.15, -0.1) is 0 Å². The molecule has 0 N–H and O–H groups in total. The van der Waals surface area contributed by atoms with Crippen LogP contribution in [0.4, 0.5) is 0 Å². The Labute approximate surface area is 107 Å². The van der Waals surface area contributed by atoms with Gasteiger partial charge in [-0.2, -0.15) is 0 Å². The summed E-state index contributed by atoms with van der Waals surface area (Å²) in [6.07, 6.45) is 2.62. The molecule has 3 heteroatoms. The zero-order chi connectivity index (χ0) is 12.3. The van der Waals surface area contributed by atoms with Crippen LogP contribution in [0.2, 0.25) is 0 Å². The Balaban J connectivity index is 1.75. The highest BCUT2D eigenvalue weighted by atomic mass is 28.1. The largest absolute Gasteiger partial charge is 0.379 e. The minimum atomic E-state index is 0.392. The monoisotopic (exact) mass is 250 g/mol. The highest BCUT2D eigenvalue weighted by Gasteiger charge is 2.21. The third-order valence-corrected chi connectivity index (χ3v) is 4.69. The average molecular weight is 250 g/mol. The molecule has 0 spiro atoms. The molecule has 0 radical (unpaired) electrons. The van der Waals surface area contributed by atoms with E-state index in [9.17, 15) is 0 Å². The maximum atomic E-state index is 5.55. The molecule has 1 fully saturated rings. The van der Waals surface area contributed by atoms with Crippen LogP contribution in [0.1, 0.15) is 23.1 Å². The lowest BCUT2D eigenvalue weighted by molar-refractivity contribution is 0.114. The topological polar surface area (TPSA) is 21.8 Å². The number of ether oxygens (including phenoxy) is 2. The first kappa shape index (κ1) is 12.8. The maximum absolute atomic E-state index is 5.55. The van der Waals surface area contributed by atoms with Gasteiger partial charge in [-0.1, -0.05) is 17.3 Å². The smallest absolute Gasteiger partial charge is 0.104 e. The highest BCUT2D eigenvalue weighted by Crippen LogP contribution is 2.13. The third-order valence-electron chi connectivity index (χ3n) is 3.61. The first-order valence-electron chi connectivity index (χ1n) is 6.43. The fourth-order valence-corrected chi connectivity index (χ4v) is 2.57. The van der Waals surface area contributed by atoms with E-state index in [0.29, 0.717) is 6.10 Å². The van der Waals surface area contributed by atoms with Gasteiger partial charge in [-0.3, -0.25) is 0 Å². The van der Waals surface area contributed by atoms with Gasteiger partial charge in [0, 0.05) is 16.8 Å². The number of aryl methyl sites for hydroxylation is 1. The summed E-state index contributed by atoms with van der Waals surface area (Å²) in [6, 6.07) is 4.57. The van der Waals surface area contributed by atoms with Crippen molar-refractivity contribution in [3.8, 4) is 0 Å². The van der Waals surface area contributed by atoms with Crippen LogP contribution >= 0.6 is 0 Å². The second-order valence-electron chi connectivity index (χ2n) is 4.93. The van der Waals surface area contributed by atoms with E-state index < -0.39 is 0 Å². The van der Waals surface area contributed by atoms with E-state index in [1.807, 2.05) is 0 Å². The van der Waals surface area contributed by atoms with Crippen LogP contribution in [-0.2, 0) is 15.9 Å². The van der Waals surface area contributed by atoms with Crippen molar-refractivity contribution in [3.63, 3.8) is 0 Å². The molecule has 0 saturated carbocycles. The summed E-state index contributed by atoms with van der Waals surface area (Å²) >= 11 is 0. The van der Waals surface area contributed by atoms with Crippen molar-refractivity contribution in [2.45, 2.75) is 32.8 Å². The predicted octanol–water partition coefficient (Wildman–Crippen LogP) is 0.642. The maximum Gasteiger partial charge on any atom is 0.104 e. The molecule has 1 aromatic rings. The number of benzene rings is 1. The summed E-state index contributed by atoms with van der Waals surface area (Å²) < 4.78 is 10.7. The van der Waals surface area contributed by atoms with Gasteiger partial charge in [-0.25, -0.2) is 0 Å². The molecule has 0 aromatic heterocycles. The molecule has 94 valence electrons. The van der Waals surface area contributed by atoms with Crippen LogP contribution in [0.25, 0.3) is 0 Å². The van der Waals surface area contributed by atoms with Gasteiger partial charge in [0.1, 0.15) is 6.10 Å². The number of epoxide rings is 1. The molecule has 2 rings (SSSR count). The predicted molar refractivity (Wildman–Crippen MR) is 74.4 cm³/mol. The van der Waals surface area contributed by atoms with Gasteiger partial charge in [0.25, 0.3) is 0 Å². The zero-order valence-corrected chi connectivity index (χ0v) is 13.1. The first-order valence-corrected chi connectivity index (χ1v) is 7.43. The van der Waals surface area contributed by atoms with Crippen LogP contribution in [0.3, 0.4) is 0 Å². The van der Waals surface area contributed by atoms with Crippen LogP contribution in [0.5, 0.6) is 0 Å². The van der Waals surface area contributed by atoms with Crippen LogP contribution < -0.4 is 5.19 Å².